The Bertz CT molecular complexity index is 3040. The van der Waals surface area contributed by atoms with Gasteiger partial charge >= 0.3 is 12.0 Å². The van der Waals surface area contributed by atoms with Crippen molar-refractivity contribution in [2.45, 2.75) is 18.7 Å². The Morgan fingerprint density at radius 2 is 1.13 bits per heavy atom. The van der Waals surface area contributed by atoms with Gasteiger partial charge in [0.1, 0.15) is 27.6 Å². The van der Waals surface area contributed by atoms with Crippen LogP contribution in [0, 0.1) is 13.8 Å². The fourth-order valence-electron chi connectivity index (χ4n) is 5.76. The number of nitrogens with zero attached hydrogens (tertiary/aromatic N) is 9. The van der Waals surface area contributed by atoms with Gasteiger partial charge in [0.25, 0.3) is 10.1 Å². The van der Waals surface area contributed by atoms with Gasteiger partial charge in [-0.15, -0.1) is 10.2 Å². The molecule has 7 rings (SSSR count). The van der Waals surface area contributed by atoms with Crippen LogP contribution in [0.4, 0.5) is 63.1 Å². The molecule has 0 fully saturated rings. The van der Waals surface area contributed by atoms with Gasteiger partial charge in [-0.2, -0.15) is 43.8 Å². The van der Waals surface area contributed by atoms with Crippen LogP contribution in [0.25, 0.3) is 10.8 Å². The summed E-state index contributed by atoms with van der Waals surface area (Å²) in [7, 11) is -4.81. The van der Waals surface area contributed by atoms with E-state index in [4.69, 9.17) is 5.73 Å². The first-order valence-corrected chi connectivity index (χ1v) is 19.2. The number of anilines is 5. The van der Waals surface area contributed by atoms with E-state index < -0.39 is 32.7 Å². The van der Waals surface area contributed by atoms with Gasteiger partial charge in [0.2, 0.25) is 11.9 Å². The largest absolute Gasteiger partial charge is 0.507 e. The van der Waals surface area contributed by atoms with Crippen molar-refractivity contribution in [1.29, 1.82) is 0 Å². The minimum Gasteiger partial charge on any atom is -0.507 e. The first-order valence-electron chi connectivity index (χ1n) is 17.7. The predicted octanol–water partition coefficient (Wildman–Crippen LogP) is 10.0. The maximum atomic E-state index is 12.4. The molecule has 0 aliphatic rings. The van der Waals surface area contributed by atoms with E-state index in [1.165, 1.54) is 18.2 Å². The Hall–Kier alpha value is -8.43. The fraction of sp³-hybridized carbons (Fsp3) is 0.0500. The molecular formula is C40H32N12O8S. The van der Waals surface area contributed by atoms with Gasteiger partial charge in [0.15, 0.2) is 5.75 Å². The Morgan fingerprint density at radius 3 is 1.67 bits per heavy atom. The van der Waals surface area contributed by atoms with Gasteiger partial charge in [-0.1, -0.05) is 17.7 Å². The second-order valence-electron chi connectivity index (χ2n) is 13.2. The van der Waals surface area contributed by atoms with Gasteiger partial charge in [-0.05, 0) is 116 Å². The Morgan fingerprint density at radius 1 is 0.639 bits per heavy atom. The summed E-state index contributed by atoms with van der Waals surface area (Å²) >= 11 is 0. The number of phenols is 2. The first kappa shape index (κ1) is 40.8. The third-order valence-electron chi connectivity index (χ3n) is 8.74. The summed E-state index contributed by atoms with van der Waals surface area (Å²) < 4.78 is 34.7. The van der Waals surface area contributed by atoms with Gasteiger partial charge in [-0.25, -0.2) is 4.79 Å². The summed E-state index contributed by atoms with van der Waals surface area (Å²) in [6.07, 6.45) is 0. The molecule has 9 N–H and O–H groups in total. The van der Waals surface area contributed by atoms with Crippen LogP contribution in [0.5, 0.6) is 17.5 Å². The highest BCUT2D eigenvalue weighted by molar-refractivity contribution is 7.86. The molecule has 7 aromatic rings. The lowest BCUT2D eigenvalue weighted by molar-refractivity contribution is 0.0693. The highest BCUT2D eigenvalue weighted by atomic mass is 32.2. The summed E-state index contributed by atoms with van der Waals surface area (Å²) in [6.45, 7) is 3.52. The number of fused-ring (bicyclic) bond motifs is 1. The smallest absolute Gasteiger partial charge is 0.339 e. The number of nitrogens with one attached hydrogen (secondary N) is 2. The number of aromatic hydroxyl groups is 3. The number of hydrogen-bond acceptors (Lipinski definition) is 18. The molecule has 0 aliphatic carbocycles. The number of nitrogen functional groups attached to an aromatic ring is 1. The number of phenolic OH excluding ortho intramolecular Hbond substituents is 1. The molecule has 20 nitrogen and oxygen atoms in total. The summed E-state index contributed by atoms with van der Waals surface area (Å²) in [6, 6.07) is 25.9. The summed E-state index contributed by atoms with van der Waals surface area (Å²) in [5, 5.41) is 71.3. The number of hydrogen-bond donors (Lipinski definition) is 8. The molecule has 0 saturated carbocycles. The second-order valence-corrected chi connectivity index (χ2v) is 14.6. The molecule has 0 amide bonds. The van der Waals surface area contributed by atoms with Crippen molar-refractivity contribution in [2.75, 3.05) is 16.4 Å². The Labute approximate surface area is 345 Å². The van der Waals surface area contributed by atoms with Crippen molar-refractivity contribution in [3.05, 3.63) is 120 Å². The van der Waals surface area contributed by atoms with Crippen LogP contribution in [0.3, 0.4) is 0 Å². The van der Waals surface area contributed by atoms with Crippen molar-refractivity contribution in [3.63, 3.8) is 0 Å². The van der Waals surface area contributed by atoms with Gasteiger partial charge in [0, 0.05) is 11.4 Å². The molecule has 0 unspecified atom stereocenters. The highest BCUT2D eigenvalue weighted by Crippen LogP contribution is 2.47. The molecule has 0 bridgehead atoms. The number of azo groups is 3. The minimum atomic E-state index is -4.81. The third kappa shape index (κ3) is 9.49. The van der Waals surface area contributed by atoms with Crippen LogP contribution in [-0.4, -0.2) is 54.3 Å². The molecule has 6 aromatic carbocycles. The van der Waals surface area contributed by atoms with E-state index in [2.05, 4.69) is 56.3 Å². The standard InChI is InChI=1S/C40H32N12O8S/c1-20-3-5-25(6-4-20)49-52-35-31(61(58,59)60)18-22-17-21(2)34(36(54)32(22)33(35)41)51-48-27-13-9-24(10-14-27)43-39-44-38(45-40(57)46-39)42-23-7-11-26(12-8-23)47-50-28-15-16-30(53)29(19-28)37(55)56/h3-19,53-54H,41H2,1-2H3,(H,55,56)(H,58,59,60)(H3,42,43,44,45,46,57). The molecule has 0 saturated heterocycles. The number of aryl methyl sites for hydroxylation is 2. The van der Waals surface area contributed by atoms with E-state index in [0.717, 1.165) is 11.6 Å². The molecule has 61 heavy (non-hydrogen) atoms. The Kier molecular flexibility index (Phi) is 11.2. The first-order chi connectivity index (χ1) is 29.1. The van der Waals surface area contributed by atoms with E-state index in [1.807, 2.05) is 6.92 Å². The fourth-order valence-corrected chi connectivity index (χ4v) is 6.43. The van der Waals surface area contributed by atoms with Crippen LogP contribution in [0.1, 0.15) is 21.5 Å². The van der Waals surface area contributed by atoms with Gasteiger partial charge in [-0.3, -0.25) is 4.55 Å². The molecule has 0 radical (unpaired) electrons. The lowest BCUT2D eigenvalue weighted by Gasteiger charge is -2.13. The monoisotopic (exact) mass is 840 g/mol. The molecule has 21 heteroatoms. The van der Waals surface area contributed by atoms with Crippen LogP contribution in [0.2, 0.25) is 0 Å². The average Bonchev–Trinajstić information content (AvgIpc) is 3.21. The lowest BCUT2D eigenvalue weighted by Crippen LogP contribution is -2.03. The van der Waals surface area contributed by atoms with Crippen LogP contribution in [0.15, 0.2) is 139 Å². The van der Waals surface area contributed by atoms with Gasteiger partial charge < -0.3 is 36.8 Å². The maximum Gasteiger partial charge on any atom is 0.339 e. The normalized spacial score (nSPS) is 11.9. The zero-order valence-corrected chi connectivity index (χ0v) is 32.6. The molecule has 1 aromatic heterocycles. The third-order valence-corrected chi connectivity index (χ3v) is 9.61. The summed E-state index contributed by atoms with van der Waals surface area (Å²) in [4.78, 5) is 22.8. The number of carboxylic acids is 1. The zero-order valence-electron chi connectivity index (χ0n) is 31.8. The summed E-state index contributed by atoms with van der Waals surface area (Å²) in [5.41, 5.74) is 9.41. The predicted molar refractivity (Wildman–Crippen MR) is 224 cm³/mol. The van der Waals surface area contributed by atoms with E-state index in [-0.39, 0.29) is 56.7 Å². The number of rotatable bonds is 12. The van der Waals surface area contributed by atoms with Crippen molar-refractivity contribution in [1.82, 2.24) is 15.0 Å². The van der Waals surface area contributed by atoms with Crippen molar-refractivity contribution < 1.29 is 38.2 Å². The number of aromatic carboxylic acids is 1. The molecule has 0 spiro atoms. The maximum absolute atomic E-state index is 12.4. The molecule has 0 atom stereocenters. The lowest BCUT2D eigenvalue weighted by atomic mass is 10.0. The quantitative estimate of drug-likeness (QED) is 0.0322. The minimum absolute atomic E-state index is 0.00801. The van der Waals surface area contributed by atoms with Crippen molar-refractivity contribution in [3.8, 4) is 17.5 Å². The van der Waals surface area contributed by atoms with E-state index in [1.54, 1.807) is 85.8 Å². The number of carboxylic acid groups (broad SMARTS) is 1. The average molecular weight is 841 g/mol. The number of aromatic nitrogens is 3. The molecular weight excluding hydrogens is 809 g/mol. The van der Waals surface area contributed by atoms with Crippen molar-refractivity contribution in [2.24, 2.45) is 30.7 Å². The number of carbonyl (C=O) groups is 1. The van der Waals surface area contributed by atoms with Crippen LogP contribution >= 0.6 is 0 Å². The van der Waals surface area contributed by atoms with Crippen LogP contribution < -0.4 is 16.4 Å². The Balaban J connectivity index is 1.05. The van der Waals surface area contributed by atoms with Crippen molar-refractivity contribution >= 4 is 89.9 Å². The summed E-state index contributed by atoms with van der Waals surface area (Å²) in [5.74, 6) is -2.06. The van der Waals surface area contributed by atoms with E-state index >= 15 is 0 Å². The molecule has 306 valence electrons. The highest BCUT2D eigenvalue weighted by Gasteiger charge is 2.24. The second kappa shape index (κ2) is 16.8. The molecule has 0 aliphatic heterocycles. The van der Waals surface area contributed by atoms with E-state index in [9.17, 15) is 38.2 Å². The number of benzene rings is 6. The van der Waals surface area contributed by atoms with E-state index in [0.29, 0.717) is 34.0 Å². The zero-order chi connectivity index (χ0) is 43.4. The van der Waals surface area contributed by atoms with Gasteiger partial charge in [0.05, 0.1) is 33.8 Å². The number of nitrogens with two attached hydrogens (primary N) is 1. The molecule has 1 heterocycles. The SMILES string of the molecule is Cc1ccc(N=Nc2c(S(=O)(=O)O)cc3cc(C)c(N=Nc4ccc(Nc5nc(O)nc(Nc6ccc(N=Nc7ccc(O)c(C(=O)O)c7)cc6)n5)cc4)c(O)c3c2N)cc1. The van der Waals surface area contributed by atoms with Crippen LogP contribution in [-0.2, 0) is 10.1 Å². The topological polar surface area (TPSA) is 315 Å².